The van der Waals surface area contributed by atoms with Gasteiger partial charge in [0.25, 0.3) is 0 Å². The smallest absolute Gasteiger partial charge is 0.121 e. The molecule has 0 radical (unpaired) electrons. The van der Waals surface area contributed by atoms with E-state index >= 15 is 0 Å². The number of fused-ring (bicyclic) bond motifs is 1. The van der Waals surface area contributed by atoms with Gasteiger partial charge in [-0.15, -0.1) is 0 Å². The van der Waals surface area contributed by atoms with Crippen LogP contribution in [0.5, 0.6) is 0 Å². The fraction of sp³-hybridized carbons (Fsp3) is 0.190. The second kappa shape index (κ2) is 6.74. The van der Waals surface area contributed by atoms with Crippen LogP contribution in [0.2, 0.25) is 0 Å². The number of aromatic amines is 1. The lowest BCUT2D eigenvalue weighted by Gasteiger charge is -2.21. The molecule has 0 spiro atoms. The van der Waals surface area contributed by atoms with Crippen molar-refractivity contribution < 1.29 is 0 Å². The monoisotopic (exact) mass is 313 g/mol. The summed E-state index contributed by atoms with van der Waals surface area (Å²) in [4.78, 5) is 10.6. The molecule has 0 unspecified atom stereocenters. The molecule has 0 amide bonds. The molecule has 2 aromatic carbocycles. The van der Waals surface area contributed by atoms with Crippen molar-refractivity contribution in [3.8, 4) is 11.8 Å². The maximum atomic E-state index is 4.73. The average molecular weight is 313 g/mol. The Labute approximate surface area is 142 Å². The van der Waals surface area contributed by atoms with Crippen molar-refractivity contribution in [2.45, 2.75) is 13.0 Å². The first-order valence-corrected chi connectivity index (χ1v) is 8.30. The van der Waals surface area contributed by atoms with E-state index in [9.17, 15) is 0 Å². The minimum atomic E-state index is 0.852. The number of aromatic nitrogens is 2. The summed E-state index contributed by atoms with van der Waals surface area (Å²) in [6, 6.07) is 16.2. The number of hydrogen-bond donors (Lipinski definition) is 1. The van der Waals surface area contributed by atoms with E-state index in [2.05, 4.69) is 33.9 Å². The summed E-state index contributed by atoms with van der Waals surface area (Å²) in [7, 11) is 0. The maximum absolute atomic E-state index is 4.73. The molecule has 0 bridgehead atoms. The number of nitrogens with one attached hydrogen (secondary N) is 1. The predicted octanol–water partition coefficient (Wildman–Crippen LogP) is 3.72. The van der Waals surface area contributed by atoms with E-state index in [0.29, 0.717) is 0 Å². The first-order valence-electron chi connectivity index (χ1n) is 8.30. The number of rotatable bonds is 2. The lowest BCUT2D eigenvalue weighted by molar-refractivity contribution is 0.284. The third kappa shape index (κ3) is 3.24. The van der Waals surface area contributed by atoms with Gasteiger partial charge in [0.2, 0.25) is 0 Å². The van der Waals surface area contributed by atoms with Gasteiger partial charge in [0.15, 0.2) is 0 Å². The molecule has 1 aliphatic rings. The van der Waals surface area contributed by atoms with Crippen molar-refractivity contribution in [3.05, 3.63) is 77.6 Å². The van der Waals surface area contributed by atoms with Crippen molar-refractivity contribution in [2.24, 2.45) is 0 Å². The van der Waals surface area contributed by atoms with Gasteiger partial charge in [-0.25, -0.2) is 4.98 Å². The van der Waals surface area contributed by atoms with E-state index in [1.165, 1.54) is 0 Å². The fourth-order valence-electron chi connectivity index (χ4n) is 2.97. The molecule has 0 saturated heterocycles. The molecule has 3 heteroatoms. The Hall–Kier alpha value is -2.83. The van der Waals surface area contributed by atoms with E-state index in [1.54, 1.807) is 0 Å². The van der Waals surface area contributed by atoms with Crippen LogP contribution in [-0.2, 0) is 6.54 Å². The first-order chi connectivity index (χ1) is 11.9. The molecule has 118 valence electrons. The number of nitrogens with zero attached hydrogens (tertiary/aromatic N) is 2. The molecule has 0 saturated carbocycles. The SMILES string of the molecule is C(#Cc1cccc2nc(CN3CC=CCC3)[nH]c12)c1ccccc1. The number of H-pyrrole nitrogens is 1. The molecule has 1 aromatic heterocycles. The molecule has 4 rings (SSSR count). The molecule has 1 aliphatic heterocycles. The summed E-state index contributed by atoms with van der Waals surface area (Å²) >= 11 is 0. The summed E-state index contributed by atoms with van der Waals surface area (Å²) in [6.07, 6.45) is 5.59. The van der Waals surface area contributed by atoms with Gasteiger partial charge in [0, 0.05) is 18.7 Å². The van der Waals surface area contributed by atoms with Gasteiger partial charge in [0.1, 0.15) is 5.82 Å². The number of para-hydroxylation sites is 1. The van der Waals surface area contributed by atoms with E-state index in [0.717, 1.165) is 54.0 Å². The van der Waals surface area contributed by atoms with Crippen LogP contribution < -0.4 is 0 Å². The molecule has 0 aliphatic carbocycles. The molecule has 3 nitrogen and oxygen atoms in total. The Morgan fingerprint density at radius 1 is 1.00 bits per heavy atom. The van der Waals surface area contributed by atoms with Crippen LogP contribution in [0.3, 0.4) is 0 Å². The topological polar surface area (TPSA) is 31.9 Å². The molecule has 3 aromatic rings. The number of hydrogen-bond acceptors (Lipinski definition) is 2. The molecule has 0 fully saturated rings. The Balaban J connectivity index is 1.62. The molecule has 0 atom stereocenters. The third-order valence-corrected chi connectivity index (χ3v) is 4.20. The highest BCUT2D eigenvalue weighted by Gasteiger charge is 2.11. The summed E-state index contributed by atoms with van der Waals surface area (Å²) in [5, 5.41) is 0. The highest BCUT2D eigenvalue weighted by Crippen LogP contribution is 2.17. The summed E-state index contributed by atoms with van der Waals surface area (Å²) in [6.45, 7) is 2.94. The van der Waals surface area contributed by atoms with Crippen LogP contribution in [0, 0.1) is 11.8 Å². The van der Waals surface area contributed by atoms with E-state index < -0.39 is 0 Å². The number of benzene rings is 2. The summed E-state index contributed by atoms with van der Waals surface area (Å²) in [5.41, 5.74) is 4.03. The number of imidazole rings is 1. The van der Waals surface area contributed by atoms with Crippen LogP contribution >= 0.6 is 0 Å². The zero-order valence-electron chi connectivity index (χ0n) is 13.5. The Bertz CT molecular complexity index is 926. The minimum Gasteiger partial charge on any atom is -0.340 e. The normalized spacial score (nSPS) is 14.5. The summed E-state index contributed by atoms with van der Waals surface area (Å²) < 4.78 is 0. The van der Waals surface area contributed by atoms with Gasteiger partial charge < -0.3 is 4.98 Å². The summed E-state index contributed by atoms with van der Waals surface area (Å²) in [5.74, 6) is 7.51. The Morgan fingerprint density at radius 3 is 2.75 bits per heavy atom. The predicted molar refractivity (Wildman–Crippen MR) is 97.5 cm³/mol. The molecule has 24 heavy (non-hydrogen) atoms. The Morgan fingerprint density at radius 2 is 1.92 bits per heavy atom. The highest BCUT2D eigenvalue weighted by molar-refractivity contribution is 5.82. The zero-order valence-corrected chi connectivity index (χ0v) is 13.5. The van der Waals surface area contributed by atoms with E-state index in [1.807, 2.05) is 48.5 Å². The van der Waals surface area contributed by atoms with Crippen LogP contribution in [0.1, 0.15) is 23.4 Å². The second-order valence-electron chi connectivity index (χ2n) is 5.99. The molecule has 2 heterocycles. The van der Waals surface area contributed by atoms with Crippen molar-refractivity contribution in [2.75, 3.05) is 13.1 Å². The zero-order chi connectivity index (χ0) is 16.2. The highest BCUT2D eigenvalue weighted by atomic mass is 15.1. The van der Waals surface area contributed by atoms with Gasteiger partial charge in [-0.2, -0.15) is 0 Å². The standard InChI is InChI=1S/C21H19N3/c1-3-8-17(9-4-1)12-13-18-10-7-11-19-21(18)23-20(22-19)16-24-14-5-2-6-15-24/h1-5,7-11H,6,14-16H2,(H,22,23). The van der Waals surface area contributed by atoms with E-state index in [4.69, 9.17) is 4.98 Å². The van der Waals surface area contributed by atoms with Crippen molar-refractivity contribution >= 4 is 11.0 Å². The average Bonchev–Trinajstić information content (AvgIpc) is 3.04. The molecule has 1 N–H and O–H groups in total. The molecular formula is C21H19N3. The van der Waals surface area contributed by atoms with Crippen LogP contribution in [0.4, 0.5) is 0 Å². The first kappa shape index (κ1) is 14.7. The largest absolute Gasteiger partial charge is 0.340 e. The van der Waals surface area contributed by atoms with Crippen molar-refractivity contribution in [1.29, 1.82) is 0 Å². The van der Waals surface area contributed by atoms with Gasteiger partial charge in [-0.3, -0.25) is 4.90 Å². The maximum Gasteiger partial charge on any atom is 0.121 e. The van der Waals surface area contributed by atoms with Gasteiger partial charge >= 0.3 is 0 Å². The Kier molecular flexibility index (Phi) is 4.14. The van der Waals surface area contributed by atoms with Gasteiger partial charge in [0.05, 0.1) is 23.1 Å². The third-order valence-electron chi connectivity index (χ3n) is 4.20. The van der Waals surface area contributed by atoms with Crippen molar-refractivity contribution in [3.63, 3.8) is 0 Å². The quantitative estimate of drug-likeness (QED) is 0.577. The molecular weight excluding hydrogens is 294 g/mol. The fourth-order valence-corrected chi connectivity index (χ4v) is 2.97. The van der Waals surface area contributed by atoms with Crippen LogP contribution in [0.15, 0.2) is 60.7 Å². The van der Waals surface area contributed by atoms with Gasteiger partial charge in [-0.1, -0.05) is 48.3 Å². The lowest BCUT2D eigenvalue weighted by Crippen LogP contribution is -2.27. The van der Waals surface area contributed by atoms with Crippen LogP contribution in [0.25, 0.3) is 11.0 Å². The van der Waals surface area contributed by atoms with Gasteiger partial charge in [-0.05, 0) is 30.7 Å². The van der Waals surface area contributed by atoms with E-state index in [-0.39, 0.29) is 0 Å². The van der Waals surface area contributed by atoms with Crippen molar-refractivity contribution in [1.82, 2.24) is 14.9 Å². The lowest BCUT2D eigenvalue weighted by atomic mass is 10.1. The second-order valence-corrected chi connectivity index (χ2v) is 5.99. The minimum absolute atomic E-state index is 0.852. The van der Waals surface area contributed by atoms with Crippen LogP contribution in [-0.4, -0.2) is 28.0 Å².